The number of guanidine groups is 1. The topological polar surface area (TPSA) is 45.7 Å². The fourth-order valence-corrected chi connectivity index (χ4v) is 3.26. The number of aliphatic imine (C=N–C) groups is 1. The van der Waals surface area contributed by atoms with Gasteiger partial charge in [0, 0.05) is 31.6 Å². The van der Waals surface area contributed by atoms with Crippen molar-refractivity contribution in [2.45, 2.75) is 19.4 Å². The Balaban J connectivity index is 0.00000324. The molecule has 110 valence electrons. The molecule has 0 fully saturated rings. The van der Waals surface area contributed by atoms with Crippen molar-refractivity contribution in [2.75, 3.05) is 27.3 Å². The first-order chi connectivity index (χ1) is 8.65. The second kappa shape index (κ2) is 11.1. The molecule has 0 aliphatic carbocycles. The Morgan fingerprint density at radius 3 is 2.79 bits per heavy atom. The van der Waals surface area contributed by atoms with Crippen molar-refractivity contribution < 1.29 is 4.74 Å². The van der Waals surface area contributed by atoms with Crippen LogP contribution >= 0.6 is 57.9 Å². The van der Waals surface area contributed by atoms with Crippen LogP contribution in [0.1, 0.15) is 11.8 Å². The molecule has 0 spiro atoms. The van der Waals surface area contributed by atoms with Gasteiger partial charge in [0.1, 0.15) is 0 Å². The van der Waals surface area contributed by atoms with Crippen LogP contribution in [-0.2, 0) is 11.2 Å². The Labute approximate surface area is 150 Å². The SMILES string of the molecule is CN=C(NCCc1ccc(I)s1)NC(C)COC.I. The van der Waals surface area contributed by atoms with E-state index in [9.17, 15) is 0 Å². The average Bonchev–Trinajstić information content (AvgIpc) is 2.74. The highest BCUT2D eigenvalue weighted by Gasteiger charge is 2.04. The number of rotatable bonds is 6. The lowest BCUT2D eigenvalue weighted by molar-refractivity contribution is 0.179. The summed E-state index contributed by atoms with van der Waals surface area (Å²) < 4.78 is 6.41. The van der Waals surface area contributed by atoms with Gasteiger partial charge in [-0.2, -0.15) is 0 Å². The van der Waals surface area contributed by atoms with Gasteiger partial charge < -0.3 is 15.4 Å². The number of ether oxygens (including phenoxy) is 1. The fraction of sp³-hybridized carbons (Fsp3) is 0.583. The van der Waals surface area contributed by atoms with E-state index in [1.54, 1.807) is 14.2 Å². The van der Waals surface area contributed by atoms with E-state index in [0.717, 1.165) is 18.9 Å². The first-order valence-corrected chi connectivity index (χ1v) is 7.75. The average molecular weight is 509 g/mol. The van der Waals surface area contributed by atoms with E-state index >= 15 is 0 Å². The molecular formula is C12H21I2N3OS. The van der Waals surface area contributed by atoms with E-state index in [1.165, 1.54) is 7.76 Å². The molecule has 0 saturated heterocycles. The Bertz CT molecular complexity index is 385. The third-order valence-corrected chi connectivity index (χ3v) is 4.27. The molecule has 0 aromatic carbocycles. The summed E-state index contributed by atoms with van der Waals surface area (Å²) in [4.78, 5) is 5.58. The largest absolute Gasteiger partial charge is 0.383 e. The van der Waals surface area contributed by atoms with Crippen molar-refractivity contribution in [3.8, 4) is 0 Å². The van der Waals surface area contributed by atoms with Crippen LogP contribution in [-0.4, -0.2) is 39.3 Å². The number of hydrogen-bond donors (Lipinski definition) is 2. The van der Waals surface area contributed by atoms with Crippen molar-refractivity contribution in [1.82, 2.24) is 10.6 Å². The zero-order valence-corrected chi connectivity index (χ0v) is 16.7. The molecule has 2 N–H and O–H groups in total. The van der Waals surface area contributed by atoms with Gasteiger partial charge in [-0.25, -0.2) is 0 Å². The summed E-state index contributed by atoms with van der Waals surface area (Å²) >= 11 is 4.18. The van der Waals surface area contributed by atoms with Gasteiger partial charge in [0.2, 0.25) is 0 Å². The van der Waals surface area contributed by atoms with Crippen LogP contribution in [0.5, 0.6) is 0 Å². The summed E-state index contributed by atoms with van der Waals surface area (Å²) in [7, 11) is 3.48. The van der Waals surface area contributed by atoms with Crippen LogP contribution in [0, 0.1) is 2.88 Å². The van der Waals surface area contributed by atoms with E-state index in [2.05, 4.69) is 57.3 Å². The zero-order valence-electron chi connectivity index (χ0n) is 11.4. The van der Waals surface area contributed by atoms with Gasteiger partial charge in [-0.3, -0.25) is 4.99 Å². The maximum absolute atomic E-state index is 5.08. The molecule has 0 aliphatic rings. The van der Waals surface area contributed by atoms with Gasteiger partial charge in [-0.05, 0) is 48.1 Å². The number of nitrogens with one attached hydrogen (secondary N) is 2. The normalized spacial score (nSPS) is 12.7. The van der Waals surface area contributed by atoms with Crippen molar-refractivity contribution >= 4 is 63.9 Å². The first-order valence-electron chi connectivity index (χ1n) is 5.86. The summed E-state index contributed by atoms with van der Waals surface area (Å²) in [6.07, 6.45) is 1.02. The van der Waals surface area contributed by atoms with Gasteiger partial charge in [0.05, 0.1) is 9.49 Å². The zero-order chi connectivity index (χ0) is 13.4. The standard InChI is InChI=1S/C12H20IN3OS.HI/c1-9(8-17-3)16-12(14-2)15-7-6-10-4-5-11(13)18-10;/h4-5,9H,6-8H2,1-3H3,(H2,14,15,16);1H. The Morgan fingerprint density at radius 2 is 2.26 bits per heavy atom. The van der Waals surface area contributed by atoms with Crippen LogP contribution in [0.25, 0.3) is 0 Å². The summed E-state index contributed by atoms with van der Waals surface area (Å²) in [5.41, 5.74) is 0. The fourth-order valence-electron chi connectivity index (χ4n) is 1.51. The third kappa shape index (κ3) is 8.30. The molecule has 0 amide bonds. The third-order valence-electron chi connectivity index (χ3n) is 2.32. The van der Waals surface area contributed by atoms with Crippen molar-refractivity contribution in [3.05, 3.63) is 19.9 Å². The maximum Gasteiger partial charge on any atom is 0.191 e. The molecule has 1 aromatic heterocycles. The van der Waals surface area contributed by atoms with Crippen LogP contribution in [0.2, 0.25) is 0 Å². The monoisotopic (exact) mass is 509 g/mol. The molecule has 1 rings (SSSR count). The van der Waals surface area contributed by atoms with Gasteiger partial charge >= 0.3 is 0 Å². The van der Waals surface area contributed by atoms with Crippen molar-refractivity contribution in [3.63, 3.8) is 0 Å². The minimum atomic E-state index is 0. The molecule has 1 atom stereocenters. The molecule has 0 bridgehead atoms. The highest BCUT2D eigenvalue weighted by molar-refractivity contribution is 14.1. The molecule has 1 heterocycles. The highest BCUT2D eigenvalue weighted by Crippen LogP contribution is 2.18. The summed E-state index contributed by atoms with van der Waals surface area (Å²) in [5, 5.41) is 6.58. The summed E-state index contributed by atoms with van der Waals surface area (Å²) in [6, 6.07) is 4.58. The smallest absolute Gasteiger partial charge is 0.191 e. The van der Waals surface area contributed by atoms with E-state index in [4.69, 9.17) is 4.74 Å². The molecule has 1 aromatic rings. The van der Waals surface area contributed by atoms with E-state index in [1.807, 2.05) is 11.3 Å². The number of thiophene rings is 1. The second-order valence-corrected chi connectivity index (χ2v) is 7.02. The lowest BCUT2D eigenvalue weighted by Gasteiger charge is -2.16. The van der Waals surface area contributed by atoms with Crippen LogP contribution in [0.4, 0.5) is 0 Å². The van der Waals surface area contributed by atoms with Gasteiger partial charge in [0.15, 0.2) is 5.96 Å². The Kier molecular flexibility index (Phi) is 11.3. The molecular weight excluding hydrogens is 488 g/mol. The quantitative estimate of drug-likeness (QED) is 0.353. The van der Waals surface area contributed by atoms with Crippen molar-refractivity contribution in [2.24, 2.45) is 4.99 Å². The molecule has 19 heavy (non-hydrogen) atoms. The molecule has 7 heteroatoms. The van der Waals surface area contributed by atoms with Crippen LogP contribution in [0.3, 0.4) is 0 Å². The van der Waals surface area contributed by atoms with E-state index < -0.39 is 0 Å². The Hall–Kier alpha value is 0.390. The molecule has 1 unspecified atom stereocenters. The number of methoxy groups -OCH3 is 1. The van der Waals surface area contributed by atoms with Gasteiger partial charge in [0.25, 0.3) is 0 Å². The predicted molar refractivity (Wildman–Crippen MR) is 102 cm³/mol. The van der Waals surface area contributed by atoms with E-state index in [0.29, 0.717) is 6.61 Å². The summed E-state index contributed by atoms with van der Waals surface area (Å²) in [5.74, 6) is 0.825. The molecule has 0 aliphatic heterocycles. The molecule has 0 saturated carbocycles. The molecule has 0 radical (unpaired) electrons. The number of nitrogens with zero attached hydrogens (tertiary/aromatic N) is 1. The minimum absolute atomic E-state index is 0. The van der Waals surface area contributed by atoms with Gasteiger partial charge in [-0.15, -0.1) is 35.3 Å². The van der Waals surface area contributed by atoms with Crippen LogP contribution in [0.15, 0.2) is 17.1 Å². The Morgan fingerprint density at radius 1 is 1.53 bits per heavy atom. The summed E-state index contributed by atoms with van der Waals surface area (Å²) in [6.45, 7) is 3.62. The van der Waals surface area contributed by atoms with Gasteiger partial charge in [-0.1, -0.05) is 0 Å². The number of halogens is 2. The minimum Gasteiger partial charge on any atom is -0.383 e. The highest BCUT2D eigenvalue weighted by atomic mass is 127. The lowest BCUT2D eigenvalue weighted by Crippen LogP contribution is -2.44. The second-order valence-electron chi connectivity index (χ2n) is 3.96. The van der Waals surface area contributed by atoms with Crippen molar-refractivity contribution in [1.29, 1.82) is 0 Å². The molecule has 4 nitrogen and oxygen atoms in total. The van der Waals surface area contributed by atoms with Crippen LogP contribution < -0.4 is 10.6 Å². The number of hydrogen-bond acceptors (Lipinski definition) is 3. The predicted octanol–water partition coefficient (Wildman–Crippen LogP) is 2.71. The maximum atomic E-state index is 5.08. The first kappa shape index (κ1) is 19.4. The van der Waals surface area contributed by atoms with E-state index in [-0.39, 0.29) is 30.0 Å². The lowest BCUT2D eigenvalue weighted by atomic mass is 10.3.